The molecule has 0 saturated heterocycles. The lowest BCUT2D eigenvalue weighted by molar-refractivity contribution is 0.348. The van der Waals surface area contributed by atoms with Crippen molar-refractivity contribution in [1.82, 2.24) is 0 Å². The van der Waals surface area contributed by atoms with E-state index in [-0.39, 0.29) is 5.41 Å². The molecule has 1 aromatic rings. The van der Waals surface area contributed by atoms with Gasteiger partial charge in [-0.15, -0.1) is 0 Å². The summed E-state index contributed by atoms with van der Waals surface area (Å²) in [6.45, 7) is 4.91. The van der Waals surface area contributed by atoms with Crippen LogP contribution in [0.5, 0.6) is 0 Å². The zero-order valence-electron chi connectivity index (χ0n) is 9.49. The lowest BCUT2D eigenvalue weighted by Gasteiger charge is -2.22. The second kappa shape index (κ2) is 5.59. The SMILES string of the molecule is CC(C)(CN)CCc1c(Cl)cc(Cl)cc1Cl. The first-order valence-electron chi connectivity index (χ1n) is 5.19. The van der Waals surface area contributed by atoms with Crippen LogP contribution in [-0.4, -0.2) is 6.54 Å². The first-order valence-corrected chi connectivity index (χ1v) is 6.32. The molecule has 90 valence electrons. The maximum atomic E-state index is 6.11. The highest BCUT2D eigenvalue weighted by molar-refractivity contribution is 6.39. The summed E-state index contributed by atoms with van der Waals surface area (Å²) in [6, 6.07) is 3.44. The molecule has 2 N–H and O–H groups in total. The second-order valence-corrected chi connectivity index (χ2v) is 5.97. The molecular formula is C12H16Cl3N. The summed E-state index contributed by atoms with van der Waals surface area (Å²) in [5.41, 5.74) is 6.74. The van der Waals surface area contributed by atoms with Crippen molar-refractivity contribution < 1.29 is 0 Å². The van der Waals surface area contributed by atoms with Crippen LogP contribution < -0.4 is 5.73 Å². The number of nitrogens with two attached hydrogens (primary N) is 1. The van der Waals surface area contributed by atoms with Gasteiger partial charge in [0.05, 0.1) is 0 Å². The number of rotatable bonds is 4. The summed E-state index contributed by atoms with van der Waals surface area (Å²) in [6.07, 6.45) is 1.77. The van der Waals surface area contributed by atoms with E-state index >= 15 is 0 Å². The molecule has 0 radical (unpaired) electrons. The van der Waals surface area contributed by atoms with Crippen molar-refractivity contribution in [3.05, 3.63) is 32.8 Å². The van der Waals surface area contributed by atoms with Crippen LogP contribution in [0.4, 0.5) is 0 Å². The molecule has 0 aromatic heterocycles. The third-order valence-electron chi connectivity index (χ3n) is 2.71. The number of benzene rings is 1. The van der Waals surface area contributed by atoms with E-state index in [1.807, 2.05) is 0 Å². The van der Waals surface area contributed by atoms with Crippen molar-refractivity contribution >= 4 is 34.8 Å². The Kier molecular flexibility index (Phi) is 4.93. The zero-order chi connectivity index (χ0) is 12.3. The van der Waals surface area contributed by atoms with Gasteiger partial charge in [0.15, 0.2) is 0 Å². The van der Waals surface area contributed by atoms with E-state index in [1.165, 1.54) is 0 Å². The Morgan fingerprint density at radius 2 is 1.62 bits per heavy atom. The highest BCUT2D eigenvalue weighted by Gasteiger charge is 2.17. The van der Waals surface area contributed by atoms with Crippen LogP contribution in [-0.2, 0) is 6.42 Å². The van der Waals surface area contributed by atoms with Gasteiger partial charge in [-0.2, -0.15) is 0 Å². The van der Waals surface area contributed by atoms with Crippen molar-refractivity contribution in [3.8, 4) is 0 Å². The molecule has 1 nitrogen and oxygen atoms in total. The minimum Gasteiger partial charge on any atom is -0.330 e. The first-order chi connectivity index (χ1) is 7.35. The van der Waals surface area contributed by atoms with Crippen LogP contribution >= 0.6 is 34.8 Å². The molecule has 0 aliphatic heterocycles. The standard InChI is InChI=1S/C12H16Cl3N/c1-12(2,7-16)4-3-9-10(14)5-8(13)6-11(9)15/h5-6H,3-4,7,16H2,1-2H3. The molecule has 0 amide bonds. The van der Waals surface area contributed by atoms with E-state index in [4.69, 9.17) is 40.5 Å². The Morgan fingerprint density at radius 3 is 2.06 bits per heavy atom. The van der Waals surface area contributed by atoms with Crippen LogP contribution in [0.25, 0.3) is 0 Å². The average Bonchev–Trinajstić information content (AvgIpc) is 2.16. The van der Waals surface area contributed by atoms with Crippen molar-refractivity contribution in [1.29, 1.82) is 0 Å². The van der Waals surface area contributed by atoms with Crippen molar-refractivity contribution in [3.63, 3.8) is 0 Å². The summed E-state index contributed by atoms with van der Waals surface area (Å²) >= 11 is 18.1. The largest absolute Gasteiger partial charge is 0.330 e. The molecule has 0 heterocycles. The van der Waals surface area contributed by atoms with Crippen molar-refractivity contribution in [2.45, 2.75) is 26.7 Å². The van der Waals surface area contributed by atoms with E-state index in [0.29, 0.717) is 21.6 Å². The summed E-state index contributed by atoms with van der Waals surface area (Å²) in [5, 5.41) is 1.83. The van der Waals surface area contributed by atoms with E-state index < -0.39 is 0 Å². The fourth-order valence-electron chi connectivity index (χ4n) is 1.38. The van der Waals surface area contributed by atoms with Crippen LogP contribution in [0.1, 0.15) is 25.8 Å². The second-order valence-electron chi connectivity index (χ2n) is 4.72. The highest BCUT2D eigenvalue weighted by atomic mass is 35.5. The Bertz CT molecular complexity index is 352. The Labute approximate surface area is 112 Å². The van der Waals surface area contributed by atoms with Gasteiger partial charge in [-0.05, 0) is 42.5 Å². The Hall–Kier alpha value is 0.0500. The maximum Gasteiger partial charge on any atom is 0.0467 e. The molecule has 0 unspecified atom stereocenters. The summed E-state index contributed by atoms with van der Waals surface area (Å²) in [7, 11) is 0. The highest BCUT2D eigenvalue weighted by Crippen LogP contribution is 2.32. The van der Waals surface area contributed by atoms with E-state index in [1.54, 1.807) is 12.1 Å². The minimum absolute atomic E-state index is 0.103. The molecule has 0 fully saturated rings. The zero-order valence-corrected chi connectivity index (χ0v) is 11.8. The molecule has 0 saturated carbocycles. The van der Waals surface area contributed by atoms with E-state index in [0.717, 1.165) is 18.4 Å². The molecule has 0 bridgehead atoms. The van der Waals surface area contributed by atoms with Crippen LogP contribution in [0, 0.1) is 5.41 Å². The average molecular weight is 281 g/mol. The first kappa shape index (κ1) is 14.1. The third kappa shape index (κ3) is 3.81. The van der Waals surface area contributed by atoms with Crippen LogP contribution in [0.2, 0.25) is 15.1 Å². The minimum atomic E-state index is 0.103. The van der Waals surface area contributed by atoms with Gasteiger partial charge in [-0.25, -0.2) is 0 Å². The number of hydrogen-bond acceptors (Lipinski definition) is 1. The molecule has 1 aromatic carbocycles. The Morgan fingerprint density at radius 1 is 1.12 bits per heavy atom. The molecule has 0 aliphatic carbocycles. The summed E-state index contributed by atoms with van der Waals surface area (Å²) < 4.78 is 0. The predicted molar refractivity (Wildman–Crippen MR) is 72.6 cm³/mol. The van der Waals surface area contributed by atoms with Gasteiger partial charge in [-0.1, -0.05) is 48.7 Å². The Balaban J connectivity index is 2.82. The number of hydrogen-bond donors (Lipinski definition) is 1. The lowest BCUT2D eigenvalue weighted by atomic mass is 9.86. The van der Waals surface area contributed by atoms with Crippen molar-refractivity contribution in [2.24, 2.45) is 11.1 Å². The molecule has 0 atom stereocenters. The maximum absolute atomic E-state index is 6.11. The van der Waals surface area contributed by atoms with E-state index in [9.17, 15) is 0 Å². The fourth-order valence-corrected chi connectivity index (χ4v) is 2.38. The molecular weight excluding hydrogens is 264 g/mol. The van der Waals surface area contributed by atoms with Gasteiger partial charge in [0.1, 0.15) is 0 Å². The van der Waals surface area contributed by atoms with Crippen LogP contribution in [0.15, 0.2) is 12.1 Å². The normalized spacial score (nSPS) is 11.9. The fraction of sp³-hybridized carbons (Fsp3) is 0.500. The van der Waals surface area contributed by atoms with Gasteiger partial charge in [0.2, 0.25) is 0 Å². The van der Waals surface area contributed by atoms with Gasteiger partial charge < -0.3 is 5.73 Å². The van der Waals surface area contributed by atoms with Gasteiger partial charge in [0, 0.05) is 15.1 Å². The smallest absolute Gasteiger partial charge is 0.0467 e. The van der Waals surface area contributed by atoms with Gasteiger partial charge in [0.25, 0.3) is 0 Å². The molecule has 4 heteroatoms. The van der Waals surface area contributed by atoms with Gasteiger partial charge >= 0.3 is 0 Å². The predicted octanol–water partition coefficient (Wildman–Crippen LogP) is 4.56. The third-order valence-corrected chi connectivity index (χ3v) is 3.60. The topological polar surface area (TPSA) is 26.0 Å². The lowest BCUT2D eigenvalue weighted by Crippen LogP contribution is -2.24. The monoisotopic (exact) mass is 279 g/mol. The van der Waals surface area contributed by atoms with E-state index in [2.05, 4.69) is 13.8 Å². The molecule has 0 spiro atoms. The summed E-state index contributed by atoms with van der Waals surface area (Å²) in [5.74, 6) is 0. The van der Waals surface area contributed by atoms with Crippen molar-refractivity contribution in [2.75, 3.05) is 6.54 Å². The quantitative estimate of drug-likeness (QED) is 0.859. The summed E-state index contributed by atoms with van der Waals surface area (Å²) in [4.78, 5) is 0. The van der Waals surface area contributed by atoms with Gasteiger partial charge in [-0.3, -0.25) is 0 Å². The van der Waals surface area contributed by atoms with Crippen LogP contribution in [0.3, 0.4) is 0 Å². The molecule has 16 heavy (non-hydrogen) atoms. The number of halogens is 3. The molecule has 1 rings (SSSR count). The molecule has 0 aliphatic rings.